The van der Waals surface area contributed by atoms with Crippen LogP contribution in [0.4, 0.5) is 4.39 Å². The number of aromatic hydroxyl groups is 1. The lowest BCUT2D eigenvalue weighted by Gasteiger charge is -2.05. The molecule has 1 heterocycles. The Labute approximate surface area is 109 Å². The predicted octanol–water partition coefficient (Wildman–Crippen LogP) is 3.59. The Balaban J connectivity index is 1.82. The van der Waals surface area contributed by atoms with E-state index in [9.17, 15) is 9.50 Å². The van der Waals surface area contributed by atoms with Crippen LogP contribution in [-0.4, -0.2) is 10.1 Å². The number of hydrogen-bond donors (Lipinski definition) is 2. The number of phenols is 1. The molecule has 0 atom stereocenters. The van der Waals surface area contributed by atoms with E-state index in [0.29, 0.717) is 12.4 Å². The zero-order valence-electron chi connectivity index (χ0n) is 10.1. The van der Waals surface area contributed by atoms with E-state index in [1.54, 1.807) is 24.3 Å². The molecular formula is C15H12FNO2. The molecule has 96 valence electrons. The van der Waals surface area contributed by atoms with Gasteiger partial charge in [0.2, 0.25) is 0 Å². The summed E-state index contributed by atoms with van der Waals surface area (Å²) < 4.78 is 18.6. The van der Waals surface area contributed by atoms with Crippen LogP contribution in [0.15, 0.2) is 48.7 Å². The summed E-state index contributed by atoms with van der Waals surface area (Å²) in [7, 11) is 0. The van der Waals surface area contributed by atoms with E-state index < -0.39 is 0 Å². The van der Waals surface area contributed by atoms with Gasteiger partial charge in [-0.2, -0.15) is 0 Å². The third-order valence-electron chi connectivity index (χ3n) is 2.94. The first-order chi connectivity index (χ1) is 9.22. The molecule has 4 heteroatoms. The van der Waals surface area contributed by atoms with Crippen LogP contribution in [0.1, 0.15) is 5.56 Å². The summed E-state index contributed by atoms with van der Waals surface area (Å²) in [6.45, 7) is 0.341. The molecule has 0 amide bonds. The van der Waals surface area contributed by atoms with Crippen molar-refractivity contribution >= 4 is 10.9 Å². The number of aromatic nitrogens is 1. The van der Waals surface area contributed by atoms with E-state index >= 15 is 0 Å². The van der Waals surface area contributed by atoms with Gasteiger partial charge < -0.3 is 14.8 Å². The molecular weight excluding hydrogens is 245 g/mol. The van der Waals surface area contributed by atoms with Gasteiger partial charge in [0.05, 0.1) is 0 Å². The maximum atomic E-state index is 13.0. The standard InChI is InChI=1S/C15H12FNO2/c16-11-2-1-3-13(6-11)19-9-10-8-17-15-7-12(18)4-5-14(10)15/h1-8,17-18H,9H2. The number of benzene rings is 2. The van der Waals surface area contributed by atoms with Gasteiger partial charge in [0.15, 0.2) is 0 Å². The SMILES string of the molecule is Oc1ccc2c(COc3cccc(F)c3)c[nH]c2c1. The van der Waals surface area contributed by atoms with Crippen LogP contribution < -0.4 is 4.74 Å². The van der Waals surface area contributed by atoms with E-state index in [0.717, 1.165) is 16.5 Å². The molecule has 0 aliphatic rings. The largest absolute Gasteiger partial charge is 0.508 e. The Morgan fingerprint density at radius 2 is 2.05 bits per heavy atom. The summed E-state index contributed by atoms with van der Waals surface area (Å²) in [5, 5.41) is 10.4. The molecule has 0 aliphatic carbocycles. The Bertz CT molecular complexity index is 721. The normalized spacial score (nSPS) is 10.8. The number of nitrogens with one attached hydrogen (secondary N) is 1. The minimum absolute atomic E-state index is 0.215. The molecule has 0 spiro atoms. The molecule has 0 aliphatic heterocycles. The Morgan fingerprint density at radius 1 is 1.16 bits per heavy atom. The Kier molecular flexibility index (Phi) is 2.83. The Morgan fingerprint density at radius 3 is 2.89 bits per heavy atom. The van der Waals surface area contributed by atoms with Crippen LogP contribution in [0.25, 0.3) is 10.9 Å². The molecule has 0 saturated heterocycles. The molecule has 2 aromatic carbocycles. The summed E-state index contributed by atoms with van der Waals surface area (Å²) in [4.78, 5) is 3.06. The van der Waals surface area contributed by atoms with Crippen molar-refractivity contribution in [2.45, 2.75) is 6.61 Å². The van der Waals surface area contributed by atoms with Crippen molar-refractivity contribution in [3.8, 4) is 11.5 Å². The zero-order valence-corrected chi connectivity index (χ0v) is 10.1. The third-order valence-corrected chi connectivity index (χ3v) is 2.94. The first-order valence-corrected chi connectivity index (χ1v) is 5.90. The van der Waals surface area contributed by atoms with Crippen molar-refractivity contribution in [3.05, 3.63) is 60.0 Å². The van der Waals surface area contributed by atoms with Gasteiger partial charge in [-0.05, 0) is 24.3 Å². The second-order valence-electron chi connectivity index (χ2n) is 4.29. The number of aromatic amines is 1. The maximum absolute atomic E-state index is 13.0. The quantitative estimate of drug-likeness (QED) is 0.753. The van der Waals surface area contributed by atoms with Gasteiger partial charge in [-0.1, -0.05) is 6.07 Å². The fourth-order valence-electron chi connectivity index (χ4n) is 2.01. The lowest BCUT2D eigenvalue weighted by molar-refractivity contribution is 0.306. The van der Waals surface area contributed by atoms with Gasteiger partial charge in [0, 0.05) is 34.8 Å². The lowest BCUT2D eigenvalue weighted by Crippen LogP contribution is -1.94. The van der Waals surface area contributed by atoms with Crippen LogP contribution in [0.2, 0.25) is 0 Å². The topological polar surface area (TPSA) is 45.2 Å². The number of halogens is 1. The molecule has 1 aromatic heterocycles. The minimum atomic E-state index is -0.318. The molecule has 0 saturated carbocycles. The monoisotopic (exact) mass is 257 g/mol. The molecule has 3 nitrogen and oxygen atoms in total. The summed E-state index contributed by atoms with van der Waals surface area (Å²) in [6, 6.07) is 11.2. The molecule has 0 unspecified atom stereocenters. The predicted molar refractivity (Wildman–Crippen MR) is 70.7 cm³/mol. The highest BCUT2D eigenvalue weighted by Gasteiger charge is 2.05. The molecule has 0 radical (unpaired) electrons. The fraction of sp³-hybridized carbons (Fsp3) is 0.0667. The van der Waals surface area contributed by atoms with Crippen molar-refractivity contribution in [3.63, 3.8) is 0 Å². The van der Waals surface area contributed by atoms with Crippen molar-refractivity contribution in [2.75, 3.05) is 0 Å². The van der Waals surface area contributed by atoms with E-state index in [1.165, 1.54) is 12.1 Å². The van der Waals surface area contributed by atoms with Crippen LogP contribution in [0.3, 0.4) is 0 Å². The molecule has 2 N–H and O–H groups in total. The zero-order chi connectivity index (χ0) is 13.2. The van der Waals surface area contributed by atoms with Crippen LogP contribution in [0, 0.1) is 5.82 Å². The van der Waals surface area contributed by atoms with Crippen molar-refractivity contribution < 1.29 is 14.2 Å². The van der Waals surface area contributed by atoms with E-state index in [2.05, 4.69) is 4.98 Å². The molecule has 19 heavy (non-hydrogen) atoms. The molecule has 0 fully saturated rings. The van der Waals surface area contributed by atoms with Gasteiger partial charge in [0.1, 0.15) is 23.9 Å². The lowest BCUT2D eigenvalue weighted by atomic mass is 10.2. The van der Waals surface area contributed by atoms with Gasteiger partial charge >= 0.3 is 0 Å². The fourth-order valence-corrected chi connectivity index (χ4v) is 2.01. The first kappa shape index (κ1) is 11.6. The number of fused-ring (bicyclic) bond motifs is 1. The van der Waals surface area contributed by atoms with E-state index in [-0.39, 0.29) is 11.6 Å². The molecule has 0 bridgehead atoms. The second-order valence-corrected chi connectivity index (χ2v) is 4.29. The highest BCUT2D eigenvalue weighted by molar-refractivity contribution is 5.84. The number of H-pyrrole nitrogens is 1. The highest BCUT2D eigenvalue weighted by Crippen LogP contribution is 2.23. The maximum Gasteiger partial charge on any atom is 0.126 e. The number of rotatable bonds is 3. The number of ether oxygens (including phenoxy) is 1. The molecule has 3 aromatic rings. The number of phenolic OH excluding ortho intramolecular Hbond substituents is 1. The van der Waals surface area contributed by atoms with Crippen molar-refractivity contribution in [1.82, 2.24) is 4.98 Å². The van der Waals surface area contributed by atoms with Gasteiger partial charge in [-0.15, -0.1) is 0 Å². The second kappa shape index (κ2) is 4.65. The number of hydrogen-bond acceptors (Lipinski definition) is 2. The van der Waals surface area contributed by atoms with E-state index in [1.807, 2.05) is 12.3 Å². The minimum Gasteiger partial charge on any atom is -0.508 e. The van der Waals surface area contributed by atoms with Gasteiger partial charge in [-0.3, -0.25) is 0 Å². The molecule has 3 rings (SSSR count). The highest BCUT2D eigenvalue weighted by atomic mass is 19.1. The average molecular weight is 257 g/mol. The summed E-state index contributed by atoms with van der Waals surface area (Å²) >= 11 is 0. The first-order valence-electron chi connectivity index (χ1n) is 5.90. The van der Waals surface area contributed by atoms with Crippen LogP contribution in [0.5, 0.6) is 11.5 Å². The summed E-state index contributed by atoms with van der Waals surface area (Å²) in [6.07, 6.45) is 1.82. The van der Waals surface area contributed by atoms with E-state index in [4.69, 9.17) is 4.74 Å². The Hall–Kier alpha value is -2.49. The average Bonchev–Trinajstić information content (AvgIpc) is 2.78. The van der Waals surface area contributed by atoms with Crippen molar-refractivity contribution in [2.24, 2.45) is 0 Å². The van der Waals surface area contributed by atoms with Gasteiger partial charge in [0.25, 0.3) is 0 Å². The summed E-state index contributed by atoms with van der Waals surface area (Å²) in [5.74, 6) is 0.390. The smallest absolute Gasteiger partial charge is 0.126 e. The van der Waals surface area contributed by atoms with Gasteiger partial charge in [-0.25, -0.2) is 4.39 Å². The van der Waals surface area contributed by atoms with Crippen LogP contribution in [-0.2, 0) is 6.61 Å². The summed E-state index contributed by atoms with van der Waals surface area (Å²) in [5.41, 5.74) is 1.80. The van der Waals surface area contributed by atoms with Crippen LogP contribution >= 0.6 is 0 Å². The van der Waals surface area contributed by atoms with Crippen molar-refractivity contribution in [1.29, 1.82) is 0 Å². The third kappa shape index (κ3) is 2.38.